The molecule has 4 aliphatic rings. The number of likely N-dealkylation sites (tertiary alicyclic amines) is 3. The number of aromatic hydroxyl groups is 1. The highest BCUT2D eigenvalue weighted by Gasteiger charge is 2.37. The van der Waals surface area contributed by atoms with E-state index in [1.54, 1.807) is 4.90 Å². The van der Waals surface area contributed by atoms with E-state index in [-0.39, 0.29) is 36.1 Å². The maximum Gasteiger partial charge on any atom is 0.410 e. The van der Waals surface area contributed by atoms with Gasteiger partial charge in [0, 0.05) is 63.3 Å². The summed E-state index contributed by atoms with van der Waals surface area (Å²) in [5, 5.41) is 13.5. The number of ether oxygens (including phenoxy) is 2. The molecule has 1 atom stereocenters. The number of benzene rings is 2. The molecule has 0 radical (unpaired) electrons. The van der Waals surface area contributed by atoms with Crippen molar-refractivity contribution in [3.63, 3.8) is 0 Å². The van der Waals surface area contributed by atoms with Gasteiger partial charge in [-0.2, -0.15) is 0 Å². The van der Waals surface area contributed by atoms with Gasteiger partial charge < -0.3 is 39.5 Å². The van der Waals surface area contributed by atoms with Gasteiger partial charge in [-0.25, -0.2) is 9.59 Å². The van der Waals surface area contributed by atoms with E-state index in [9.17, 15) is 24.3 Å². The zero-order chi connectivity index (χ0) is 40.3. The standard InChI is InChI=1S/C45H65N5O7/c1-4-5-6-9-28-56-41(51)13-12-34-14-21-47(22-15-34)37-17-23-48(24-18-37)43(53)40(31-35-29-32(2)42(52)33(3)30-35)57-45(55)49-25-19-38(20-26-49)50-27-16-36-10-7-8-11-39(36)46-44(50)54/h7-8,10-11,29-30,34,37-38,40,52H,4-6,9,12-28,31H2,1-3H3,(H,46,54)/t40-/m1/s1. The van der Waals surface area contributed by atoms with Crippen LogP contribution < -0.4 is 5.32 Å². The molecule has 12 heteroatoms. The molecule has 2 N–H and O–H groups in total. The number of carbonyl (C=O) groups is 4. The molecule has 0 spiro atoms. The number of amides is 4. The van der Waals surface area contributed by atoms with Gasteiger partial charge in [-0.15, -0.1) is 0 Å². The maximum absolute atomic E-state index is 14.2. The van der Waals surface area contributed by atoms with Crippen LogP contribution in [-0.4, -0.2) is 119 Å². The average Bonchev–Trinajstić information content (AvgIpc) is 3.39. The molecule has 6 rings (SSSR count). The Morgan fingerprint density at radius 1 is 0.842 bits per heavy atom. The zero-order valence-corrected chi connectivity index (χ0v) is 34.5. The van der Waals surface area contributed by atoms with Crippen molar-refractivity contribution >= 4 is 29.7 Å². The number of rotatable bonds is 14. The highest BCUT2D eigenvalue weighted by Crippen LogP contribution is 2.29. The summed E-state index contributed by atoms with van der Waals surface area (Å²) in [4.78, 5) is 61.3. The zero-order valence-electron chi connectivity index (χ0n) is 34.5. The second kappa shape index (κ2) is 20.4. The van der Waals surface area contributed by atoms with E-state index in [0.29, 0.717) is 81.7 Å². The van der Waals surface area contributed by atoms with Gasteiger partial charge in [-0.1, -0.05) is 56.5 Å². The predicted molar refractivity (Wildman–Crippen MR) is 220 cm³/mol. The van der Waals surface area contributed by atoms with Crippen LogP contribution in [0.25, 0.3) is 0 Å². The molecule has 0 unspecified atom stereocenters. The quantitative estimate of drug-likeness (QED) is 0.152. The summed E-state index contributed by atoms with van der Waals surface area (Å²) < 4.78 is 11.6. The number of para-hydroxylation sites is 1. The number of nitrogens with zero attached hydrogens (tertiary/aromatic N) is 4. The molecule has 4 aliphatic heterocycles. The third-order valence-corrected chi connectivity index (χ3v) is 12.8. The maximum atomic E-state index is 14.2. The molecule has 0 aliphatic carbocycles. The number of anilines is 1. The summed E-state index contributed by atoms with van der Waals surface area (Å²) in [5.74, 6) is 0.512. The van der Waals surface area contributed by atoms with Crippen molar-refractivity contribution in [2.75, 3.05) is 57.7 Å². The highest BCUT2D eigenvalue weighted by molar-refractivity contribution is 5.91. The van der Waals surface area contributed by atoms with Crippen LogP contribution in [0.4, 0.5) is 15.3 Å². The highest BCUT2D eigenvalue weighted by atomic mass is 16.6. The summed E-state index contributed by atoms with van der Waals surface area (Å²) >= 11 is 0. The van der Waals surface area contributed by atoms with Crippen LogP contribution in [-0.2, 0) is 31.9 Å². The minimum absolute atomic E-state index is 0.00419. The van der Waals surface area contributed by atoms with E-state index in [2.05, 4.69) is 17.1 Å². The van der Waals surface area contributed by atoms with E-state index < -0.39 is 12.2 Å². The van der Waals surface area contributed by atoms with Gasteiger partial charge >= 0.3 is 18.1 Å². The Bertz CT molecular complexity index is 1650. The van der Waals surface area contributed by atoms with Gasteiger partial charge in [0.25, 0.3) is 5.91 Å². The van der Waals surface area contributed by atoms with Crippen molar-refractivity contribution < 1.29 is 33.8 Å². The fourth-order valence-electron chi connectivity index (χ4n) is 9.22. The molecule has 2 aromatic rings. The van der Waals surface area contributed by atoms with Crippen LogP contribution in [0, 0.1) is 19.8 Å². The van der Waals surface area contributed by atoms with E-state index in [0.717, 1.165) is 81.3 Å². The number of urea groups is 1. The predicted octanol–water partition coefficient (Wildman–Crippen LogP) is 7.22. The number of carbonyl (C=O) groups excluding carboxylic acids is 4. The minimum Gasteiger partial charge on any atom is -0.507 e. The van der Waals surface area contributed by atoms with E-state index >= 15 is 0 Å². The van der Waals surface area contributed by atoms with Gasteiger partial charge in [-0.3, -0.25) is 9.59 Å². The SMILES string of the molecule is CCCCCCOC(=O)CCC1CCN(C2CCN(C(=O)[C@@H](Cc3cc(C)c(O)c(C)c3)OC(=O)N3CCC(N4CCc5ccccc5NC4=O)CC3)CC2)CC1. The first kappa shape index (κ1) is 42.3. The van der Waals surface area contributed by atoms with Crippen molar-refractivity contribution in [1.82, 2.24) is 19.6 Å². The monoisotopic (exact) mass is 787 g/mol. The fraction of sp³-hybridized carbons (Fsp3) is 0.644. The molecule has 312 valence electrons. The fourth-order valence-corrected chi connectivity index (χ4v) is 9.22. The number of nitrogens with one attached hydrogen (secondary N) is 1. The van der Waals surface area contributed by atoms with Crippen molar-refractivity contribution in [3.05, 3.63) is 58.7 Å². The van der Waals surface area contributed by atoms with Gasteiger partial charge in [0.15, 0.2) is 6.10 Å². The van der Waals surface area contributed by atoms with Gasteiger partial charge in [0.05, 0.1) is 6.61 Å². The third-order valence-electron chi connectivity index (χ3n) is 12.8. The summed E-state index contributed by atoms with van der Waals surface area (Å²) in [7, 11) is 0. The van der Waals surface area contributed by atoms with Crippen LogP contribution in [0.3, 0.4) is 0 Å². The molecular formula is C45H65N5O7. The Balaban J connectivity index is 0.990. The molecule has 3 fully saturated rings. The molecule has 4 amide bonds. The molecule has 57 heavy (non-hydrogen) atoms. The molecule has 2 aromatic carbocycles. The number of phenolic OH excluding ortho intramolecular Hbond substituents is 1. The van der Waals surface area contributed by atoms with Crippen LogP contribution in [0.5, 0.6) is 5.75 Å². The van der Waals surface area contributed by atoms with E-state index in [1.165, 1.54) is 12.8 Å². The van der Waals surface area contributed by atoms with E-state index in [1.807, 2.05) is 60.0 Å². The molecule has 0 bridgehead atoms. The Labute approximate surface area is 339 Å². The lowest BCUT2D eigenvalue weighted by atomic mass is 9.90. The largest absolute Gasteiger partial charge is 0.507 e. The average molecular weight is 788 g/mol. The number of fused-ring (bicyclic) bond motifs is 1. The van der Waals surface area contributed by atoms with Crippen LogP contribution in [0.2, 0.25) is 0 Å². The Morgan fingerprint density at radius 2 is 1.51 bits per heavy atom. The van der Waals surface area contributed by atoms with Gasteiger partial charge in [0.1, 0.15) is 5.75 Å². The summed E-state index contributed by atoms with van der Waals surface area (Å²) in [6.07, 6.45) is 10.4. The number of unbranched alkanes of at least 4 members (excludes halogenated alkanes) is 3. The minimum atomic E-state index is -0.996. The van der Waals surface area contributed by atoms with E-state index in [4.69, 9.17) is 9.47 Å². The van der Waals surface area contributed by atoms with Crippen molar-refractivity contribution in [3.8, 4) is 5.75 Å². The number of hydrogen-bond acceptors (Lipinski definition) is 8. The Morgan fingerprint density at radius 3 is 2.21 bits per heavy atom. The van der Waals surface area contributed by atoms with Crippen LogP contribution in [0.1, 0.15) is 106 Å². The van der Waals surface area contributed by atoms with Crippen molar-refractivity contribution in [2.24, 2.45) is 5.92 Å². The first-order chi connectivity index (χ1) is 27.6. The molecular weight excluding hydrogens is 723 g/mol. The number of piperidine rings is 3. The number of aryl methyl sites for hydroxylation is 2. The summed E-state index contributed by atoms with van der Waals surface area (Å²) in [6, 6.07) is 11.9. The smallest absolute Gasteiger partial charge is 0.410 e. The summed E-state index contributed by atoms with van der Waals surface area (Å²) in [5.41, 5.74) is 4.23. The van der Waals surface area contributed by atoms with Gasteiger partial charge in [0.2, 0.25) is 0 Å². The molecule has 0 aromatic heterocycles. The normalized spacial score (nSPS) is 19.4. The lowest BCUT2D eigenvalue weighted by Gasteiger charge is -2.42. The topological polar surface area (TPSA) is 132 Å². The number of phenols is 1. The lowest BCUT2D eigenvalue weighted by Crippen LogP contribution is -2.53. The lowest BCUT2D eigenvalue weighted by molar-refractivity contribution is -0.144. The molecule has 3 saturated heterocycles. The second-order valence-electron chi connectivity index (χ2n) is 16.8. The number of esters is 1. The van der Waals surface area contributed by atoms with Crippen LogP contribution in [0.15, 0.2) is 36.4 Å². The second-order valence-corrected chi connectivity index (χ2v) is 16.8. The van der Waals surface area contributed by atoms with Crippen molar-refractivity contribution in [1.29, 1.82) is 0 Å². The first-order valence-electron chi connectivity index (χ1n) is 21.7. The molecule has 0 saturated carbocycles. The third kappa shape index (κ3) is 11.4. The van der Waals surface area contributed by atoms with Crippen molar-refractivity contribution in [2.45, 2.75) is 129 Å². The summed E-state index contributed by atoms with van der Waals surface area (Å²) in [6.45, 7) is 11.1. The Kier molecular flexibility index (Phi) is 15.1. The Hall–Kier alpha value is -4.32. The van der Waals surface area contributed by atoms with Crippen LogP contribution >= 0.6 is 0 Å². The molecule has 4 heterocycles. The first-order valence-corrected chi connectivity index (χ1v) is 21.7. The number of hydrogen-bond donors (Lipinski definition) is 2. The van der Waals surface area contributed by atoms with Gasteiger partial charge in [-0.05, 0) is 119 Å². The molecule has 12 nitrogen and oxygen atoms in total.